The van der Waals surface area contributed by atoms with Crippen molar-refractivity contribution in [2.45, 2.75) is 19.4 Å². The first-order chi connectivity index (χ1) is 17.9. The fourth-order valence-electron chi connectivity index (χ4n) is 4.02. The number of benzene rings is 4. The van der Waals surface area contributed by atoms with Crippen molar-refractivity contribution in [2.24, 2.45) is 0 Å². The standard InChI is InChI=1S/C30H27ClN2O4/c1-2-32-26-17-16-22(31)18-25(26)30(36)33-27(19-29(34)35)21-14-12-20(13-15-21)24-10-6-7-11-28(24)37-23-8-4-3-5-9-23/h3-18,27,32H,2,19H2,1H3,(H,33,36)(H,34,35). The fraction of sp³-hybridized carbons (Fsp3) is 0.133. The van der Waals surface area contributed by atoms with Gasteiger partial charge in [-0.15, -0.1) is 0 Å². The lowest BCUT2D eigenvalue weighted by molar-refractivity contribution is -0.137. The molecule has 0 spiro atoms. The molecule has 0 aliphatic carbocycles. The van der Waals surface area contributed by atoms with E-state index in [2.05, 4.69) is 10.6 Å². The second-order valence-electron chi connectivity index (χ2n) is 8.38. The number of amides is 1. The van der Waals surface area contributed by atoms with Crippen LogP contribution >= 0.6 is 11.6 Å². The number of halogens is 1. The zero-order valence-corrected chi connectivity index (χ0v) is 21.0. The topological polar surface area (TPSA) is 87.7 Å². The summed E-state index contributed by atoms with van der Waals surface area (Å²) >= 11 is 6.13. The molecule has 0 aromatic heterocycles. The second-order valence-corrected chi connectivity index (χ2v) is 8.81. The van der Waals surface area contributed by atoms with Crippen LogP contribution in [0.1, 0.15) is 35.3 Å². The minimum Gasteiger partial charge on any atom is -0.481 e. The van der Waals surface area contributed by atoms with Crippen LogP contribution in [0, 0.1) is 0 Å². The van der Waals surface area contributed by atoms with Crippen LogP contribution in [0.3, 0.4) is 0 Å². The summed E-state index contributed by atoms with van der Waals surface area (Å²) in [6.07, 6.45) is -0.268. The van der Waals surface area contributed by atoms with Crippen molar-refractivity contribution >= 4 is 29.2 Å². The second kappa shape index (κ2) is 12.1. The molecule has 0 fully saturated rings. The molecule has 0 saturated carbocycles. The highest BCUT2D eigenvalue weighted by Crippen LogP contribution is 2.34. The van der Waals surface area contributed by atoms with Gasteiger partial charge in [-0.25, -0.2) is 0 Å². The summed E-state index contributed by atoms with van der Waals surface area (Å²) in [4.78, 5) is 24.8. The molecule has 1 amide bonds. The predicted molar refractivity (Wildman–Crippen MR) is 146 cm³/mol. The Bertz CT molecular complexity index is 1370. The lowest BCUT2D eigenvalue weighted by atomic mass is 9.98. The van der Waals surface area contributed by atoms with Gasteiger partial charge in [0.05, 0.1) is 18.0 Å². The molecule has 0 heterocycles. The first-order valence-electron chi connectivity index (χ1n) is 11.9. The number of rotatable bonds is 10. The SMILES string of the molecule is CCNc1ccc(Cl)cc1C(=O)NC(CC(=O)O)c1ccc(-c2ccccc2Oc2ccccc2)cc1. The Kier molecular flexibility index (Phi) is 8.44. The van der Waals surface area contributed by atoms with Gasteiger partial charge in [0.25, 0.3) is 5.91 Å². The van der Waals surface area contributed by atoms with Gasteiger partial charge >= 0.3 is 5.97 Å². The molecule has 0 aliphatic rings. The van der Waals surface area contributed by atoms with E-state index in [0.717, 1.165) is 16.9 Å². The highest BCUT2D eigenvalue weighted by Gasteiger charge is 2.21. The molecular formula is C30H27ClN2O4. The van der Waals surface area contributed by atoms with Crippen molar-refractivity contribution in [1.82, 2.24) is 5.32 Å². The fourth-order valence-corrected chi connectivity index (χ4v) is 4.19. The summed E-state index contributed by atoms with van der Waals surface area (Å²) in [7, 11) is 0. The summed E-state index contributed by atoms with van der Waals surface area (Å²) in [5.41, 5.74) is 3.45. The van der Waals surface area contributed by atoms with Gasteiger partial charge in [0.15, 0.2) is 0 Å². The average molecular weight is 515 g/mol. The highest BCUT2D eigenvalue weighted by atomic mass is 35.5. The molecule has 4 rings (SSSR count). The maximum Gasteiger partial charge on any atom is 0.305 e. The number of anilines is 1. The van der Waals surface area contributed by atoms with Crippen LogP contribution in [0.5, 0.6) is 11.5 Å². The molecule has 1 atom stereocenters. The number of carbonyl (C=O) groups is 2. The number of hydrogen-bond acceptors (Lipinski definition) is 4. The number of hydrogen-bond donors (Lipinski definition) is 3. The molecule has 0 aliphatic heterocycles. The molecule has 188 valence electrons. The number of carboxylic acids is 1. The number of carboxylic acid groups (broad SMARTS) is 1. The molecule has 37 heavy (non-hydrogen) atoms. The molecule has 7 heteroatoms. The third-order valence-corrected chi connectivity index (χ3v) is 5.99. The Balaban J connectivity index is 1.59. The maximum absolute atomic E-state index is 13.1. The van der Waals surface area contributed by atoms with Crippen LogP contribution in [0.15, 0.2) is 97.1 Å². The largest absolute Gasteiger partial charge is 0.481 e. The minimum absolute atomic E-state index is 0.268. The van der Waals surface area contributed by atoms with Gasteiger partial charge in [-0.2, -0.15) is 0 Å². The van der Waals surface area contributed by atoms with E-state index in [0.29, 0.717) is 34.1 Å². The molecule has 4 aromatic rings. The van der Waals surface area contributed by atoms with Crippen molar-refractivity contribution < 1.29 is 19.4 Å². The zero-order valence-electron chi connectivity index (χ0n) is 20.3. The van der Waals surface area contributed by atoms with E-state index < -0.39 is 17.9 Å². The van der Waals surface area contributed by atoms with Crippen LogP contribution in [0.4, 0.5) is 5.69 Å². The van der Waals surface area contributed by atoms with Gasteiger partial charge in [-0.3, -0.25) is 9.59 Å². The summed E-state index contributed by atoms with van der Waals surface area (Å²) in [6, 6.07) is 28.9. The number of aliphatic carboxylic acids is 1. The molecule has 6 nitrogen and oxygen atoms in total. The van der Waals surface area contributed by atoms with E-state index in [1.807, 2.05) is 85.8 Å². The summed E-state index contributed by atoms with van der Waals surface area (Å²) in [6.45, 7) is 2.55. The predicted octanol–water partition coefficient (Wildman–Crippen LogP) is 7.18. The molecule has 3 N–H and O–H groups in total. The third kappa shape index (κ3) is 6.68. The first-order valence-corrected chi connectivity index (χ1v) is 12.3. The smallest absolute Gasteiger partial charge is 0.305 e. The molecular weight excluding hydrogens is 488 g/mol. The van der Waals surface area contributed by atoms with Crippen molar-refractivity contribution in [3.8, 4) is 22.6 Å². The Morgan fingerprint density at radius 3 is 2.32 bits per heavy atom. The first kappa shape index (κ1) is 25.8. The lowest BCUT2D eigenvalue weighted by Gasteiger charge is -2.20. The average Bonchev–Trinajstić information content (AvgIpc) is 2.90. The van der Waals surface area contributed by atoms with Crippen LogP contribution in [0.25, 0.3) is 11.1 Å². The van der Waals surface area contributed by atoms with E-state index in [1.54, 1.807) is 18.2 Å². The van der Waals surface area contributed by atoms with E-state index >= 15 is 0 Å². The number of para-hydroxylation sites is 2. The molecule has 0 saturated heterocycles. The van der Waals surface area contributed by atoms with Crippen molar-refractivity contribution in [2.75, 3.05) is 11.9 Å². The summed E-state index contributed by atoms with van der Waals surface area (Å²) in [5, 5.41) is 15.9. The molecule has 0 bridgehead atoms. The monoisotopic (exact) mass is 514 g/mol. The number of ether oxygens (including phenoxy) is 1. The van der Waals surface area contributed by atoms with Crippen LogP contribution < -0.4 is 15.4 Å². The van der Waals surface area contributed by atoms with Gasteiger partial charge < -0.3 is 20.5 Å². The number of nitrogens with one attached hydrogen (secondary N) is 2. The van der Waals surface area contributed by atoms with E-state index in [4.69, 9.17) is 16.3 Å². The molecule has 1 unspecified atom stereocenters. The lowest BCUT2D eigenvalue weighted by Crippen LogP contribution is -2.30. The normalized spacial score (nSPS) is 11.4. The Morgan fingerprint density at radius 1 is 0.919 bits per heavy atom. The van der Waals surface area contributed by atoms with E-state index in [1.165, 1.54) is 0 Å². The summed E-state index contributed by atoms with van der Waals surface area (Å²) in [5.74, 6) is 0.00636. The Labute approximate surface area is 220 Å². The van der Waals surface area contributed by atoms with Crippen molar-refractivity contribution in [3.05, 3.63) is 113 Å². The zero-order chi connectivity index (χ0) is 26.2. The van der Waals surface area contributed by atoms with Crippen molar-refractivity contribution in [3.63, 3.8) is 0 Å². The maximum atomic E-state index is 13.1. The Hall–Kier alpha value is -4.29. The molecule has 0 radical (unpaired) electrons. The van der Waals surface area contributed by atoms with Crippen molar-refractivity contribution in [1.29, 1.82) is 0 Å². The highest BCUT2D eigenvalue weighted by molar-refractivity contribution is 6.31. The number of carbonyl (C=O) groups excluding carboxylic acids is 1. The quantitative estimate of drug-likeness (QED) is 0.209. The van der Waals surface area contributed by atoms with Gasteiger partial charge in [0, 0.05) is 22.8 Å². The van der Waals surface area contributed by atoms with E-state index in [9.17, 15) is 14.7 Å². The van der Waals surface area contributed by atoms with Gasteiger partial charge in [-0.05, 0) is 54.4 Å². The van der Waals surface area contributed by atoms with Crippen LogP contribution in [-0.2, 0) is 4.79 Å². The van der Waals surface area contributed by atoms with E-state index in [-0.39, 0.29) is 6.42 Å². The van der Waals surface area contributed by atoms with Crippen LogP contribution in [-0.4, -0.2) is 23.5 Å². The van der Waals surface area contributed by atoms with Gasteiger partial charge in [0.1, 0.15) is 11.5 Å². The molecule has 4 aromatic carbocycles. The Morgan fingerprint density at radius 2 is 1.62 bits per heavy atom. The van der Waals surface area contributed by atoms with Gasteiger partial charge in [0.2, 0.25) is 0 Å². The minimum atomic E-state index is -1.02. The van der Waals surface area contributed by atoms with Crippen LogP contribution in [0.2, 0.25) is 5.02 Å². The summed E-state index contributed by atoms with van der Waals surface area (Å²) < 4.78 is 6.09. The third-order valence-electron chi connectivity index (χ3n) is 5.76. The van der Waals surface area contributed by atoms with Gasteiger partial charge in [-0.1, -0.05) is 72.3 Å².